The number of hydrogen-bond acceptors (Lipinski definition) is 5. The van der Waals surface area contributed by atoms with E-state index in [1.54, 1.807) is 35.8 Å². The molecule has 2 heterocycles. The lowest BCUT2D eigenvalue weighted by Crippen LogP contribution is -2.31. The van der Waals surface area contributed by atoms with Crippen LogP contribution in [0.1, 0.15) is 21.9 Å². The lowest BCUT2D eigenvalue weighted by atomic mass is 10.2. The van der Waals surface area contributed by atoms with Crippen LogP contribution in [-0.2, 0) is 16.6 Å². The minimum Gasteiger partial charge on any atom is -0.308 e. The van der Waals surface area contributed by atoms with Gasteiger partial charge in [0.1, 0.15) is 22.9 Å². The third-order valence-electron chi connectivity index (χ3n) is 4.71. The molecule has 0 bridgehead atoms. The number of halogens is 3. The molecule has 0 radical (unpaired) electrons. The zero-order valence-corrected chi connectivity index (χ0v) is 18.8. The summed E-state index contributed by atoms with van der Waals surface area (Å²) in [5.74, 6) is -0.961. The Morgan fingerprint density at radius 3 is 2.50 bits per heavy atom. The van der Waals surface area contributed by atoms with Crippen LogP contribution in [0.2, 0.25) is 10.0 Å². The van der Waals surface area contributed by atoms with Gasteiger partial charge in [0, 0.05) is 5.02 Å². The first kappa shape index (κ1) is 22.2. The molecule has 0 unspecified atom stereocenters. The maximum Gasteiger partial charge on any atom is 0.283 e. The fourth-order valence-electron chi connectivity index (χ4n) is 3.12. The Labute approximate surface area is 192 Å². The minimum atomic E-state index is -4.06. The fourth-order valence-corrected chi connectivity index (χ4v) is 4.54. The number of aryl methyl sites for hydroxylation is 1. The lowest BCUT2D eigenvalue weighted by Gasteiger charge is -2.10. The van der Waals surface area contributed by atoms with Crippen molar-refractivity contribution in [1.29, 1.82) is 0 Å². The van der Waals surface area contributed by atoms with Crippen molar-refractivity contribution in [2.75, 3.05) is 0 Å². The molecule has 4 aromatic rings. The molecule has 164 valence electrons. The summed E-state index contributed by atoms with van der Waals surface area (Å²) in [7, 11) is -4.06. The van der Waals surface area contributed by atoms with E-state index >= 15 is 0 Å². The average molecular weight is 493 g/mol. The Balaban J connectivity index is 1.69. The predicted octanol–water partition coefficient (Wildman–Crippen LogP) is 4.35. The number of benzene rings is 2. The summed E-state index contributed by atoms with van der Waals surface area (Å²) < 4.78 is 42.5. The average Bonchev–Trinajstić information content (AvgIpc) is 3.06. The van der Waals surface area contributed by atoms with Gasteiger partial charge in [0.15, 0.2) is 5.65 Å². The summed E-state index contributed by atoms with van der Waals surface area (Å²) >= 11 is 12.0. The maximum absolute atomic E-state index is 13.9. The third-order valence-corrected chi connectivity index (χ3v) is 6.70. The van der Waals surface area contributed by atoms with Gasteiger partial charge in [-0.1, -0.05) is 41.4 Å². The summed E-state index contributed by atoms with van der Waals surface area (Å²) in [4.78, 5) is 21.3. The van der Waals surface area contributed by atoms with E-state index in [1.807, 2.05) is 4.72 Å². The number of aromatic nitrogens is 3. The van der Waals surface area contributed by atoms with E-state index in [9.17, 15) is 17.6 Å². The molecule has 0 aliphatic carbocycles. The number of nitrogens with one attached hydrogen (secondary N) is 1. The second-order valence-corrected chi connectivity index (χ2v) is 9.39. The van der Waals surface area contributed by atoms with E-state index in [2.05, 4.69) is 9.97 Å². The molecule has 2 aromatic heterocycles. The first-order valence-electron chi connectivity index (χ1n) is 9.25. The van der Waals surface area contributed by atoms with Crippen molar-refractivity contribution >= 4 is 50.3 Å². The number of sulfonamides is 1. The van der Waals surface area contributed by atoms with Gasteiger partial charge in [-0.05, 0) is 48.9 Å². The quantitative estimate of drug-likeness (QED) is 0.418. The van der Waals surface area contributed by atoms with Crippen LogP contribution in [0.5, 0.6) is 0 Å². The number of hydrogen-bond donors (Lipinski definition) is 1. The van der Waals surface area contributed by atoms with Gasteiger partial charge >= 0.3 is 0 Å². The number of amides is 1. The van der Waals surface area contributed by atoms with Crippen molar-refractivity contribution in [1.82, 2.24) is 19.3 Å². The second kappa shape index (κ2) is 8.50. The Kier molecular flexibility index (Phi) is 5.89. The molecule has 32 heavy (non-hydrogen) atoms. The van der Waals surface area contributed by atoms with Crippen molar-refractivity contribution in [2.45, 2.75) is 18.4 Å². The third kappa shape index (κ3) is 4.32. The van der Waals surface area contributed by atoms with Gasteiger partial charge in [-0.3, -0.25) is 4.79 Å². The van der Waals surface area contributed by atoms with Crippen molar-refractivity contribution in [3.8, 4) is 0 Å². The Bertz CT molecular complexity index is 1460. The number of pyridine rings is 1. The van der Waals surface area contributed by atoms with E-state index in [4.69, 9.17) is 23.2 Å². The number of fused-ring (bicyclic) bond motifs is 1. The number of rotatable bonds is 5. The molecule has 7 nitrogen and oxygen atoms in total. The van der Waals surface area contributed by atoms with E-state index in [-0.39, 0.29) is 27.2 Å². The van der Waals surface area contributed by atoms with Gasteiger partial charge in [-0.25, -0.2) is 27.5 Å². The van der Waals surface area contributed by atoms with Crippen LogP contribution in [0.3, 0.4) is 0 Å². The lowest BCUT2D eigenvalue weighted by molar-refractivity contribution is 0.0977. The monoisotopic (exact) mass is 492 g/mol. The van der Waals surface area contributed by atoms with E-state index < -0.39 is 21.7 Å². The number of carbonyl (C=O) groups excluding carboxylic acids is 1. The highest BCUT2D eigenvalue weighted by atomic mass is 35.5. The molecule has 0 saturated heterocycles. The molecule has 0 aliphatic heterocycles. The van der Waals surface area contributed by atoms with Gasteiger partial charge in [-0.15, -0.1) is 0 Å². The van der Waals surface area contributed by atoms with Crippen molar-refractivity contribution in [3.05, 3.63) is 87.5 Å². The predicted molar refractivity (Wildman–Crippen MR) is 119 cm³/mol. The summed E-state index contributed by atoms with van der Waals surface area (Å²) in [6.45, 7) is 1.84. The van der Waals surface area contributed by atoms with Gasteiger partial charge in [0.2, 0.25) is 0 Å². The Morgan fingerprint density at radius 2 is 1.78 bits per heavy atom. The Hall–Kier alpha value is -3.01. The summed E-state index contributed by atoms with van der Waals surface area (Å²) in [6.07, 6.45) is 0. The molecular weight excluding hydrogens is 478 g/mol. The standard InChI is InChI=1S/C21H15Cl2FN4O3S/c1-12-25-18-7-8-19(21(29)27-32(30,31)14-5-3-2-4-6-14)26-20(18)28(12)11-13-9-17(24)16(23)10-15(13)22/h2-10H,11H2,1H3,(H,27,29). The molecule has 0 aliphatic rings. The van der Waals surface area contributed by atoms with Gasteiger partial charge in [0.25, 0.3) is 15.9 Å². The Morgan fingerprint density at radius 1 is 1.06 bits per heavy atom. The van der Waals surface area contributed by atoms with Crippen molar-refractivity contribution in [3.63, 3.8) is 0 Å². The van der Waals surface area contributed by atoms with Crippen LogP contribution in [-0.4, -0.2) is 28.9 Å². The molecule has 0 saturated carbocycles. The van der Waals surface area contributed by atoms with E-state index in [0.29, 0.717) is 22.6 Å². The van der Waals surface area contributed by atoms with Crippen LogP contribution in [0.15, 0.2) is 59.5 Å². The summed E-state index contributed by atoms with van der Waals surface area (Å²) in [5.41, 5.74) is 1.13. The van der Waals surface area contributed by atoms with Crippen LogP contribution < -0.4 is 4.72 Å². The van der Waals surface area contributed by atoms with Crippen LogP contribution in [0.4, 0.5) is 4.39 Å². The topological polar surface area (TPSA) is 93.9 Å². The number of nitrogens with zero attached hydrogens (tertiary/aromatic N) is 3. The zero-order chi connectivity index (χ0) is 23.0. The molecule has 1 amide bonds. The van der Waals surface area contributed by atoms with Crippen LogP contribution >= 0.6 is 23.2 Å². The molecule has 0 atom stereocenters. The number of carbonyl (C=O) groups is 1. The van der Waals surface area contributed by atoms with Gasteiger partial charge in [-0.2, -0.15) is 0 Å². The fraction of sp³-hybridized carbons (Fsp3) is 0.0952. The normalized spacial score (nSPS) is 11.6. The number of imidazole rings is 1. The SMILES string of the molecule is Cc1nc2ccc(C(=O)NS(=O)(=O)c3ccccc3)nc2n1Cc1cc(F)c(Cl)cc1Cl. The van der Waals surface area contributed by atoms with Crippen molar-refractivity contribution < 1.29 is 17.6 Å². The molecular formula is C21H15Cl2FN4O3S. The smallest absolute Gasteiger partial charge is 0.283 e. The van der Waals surface area contributed by atoms with E-state index in [0.717, 1.165) is 0 Å². The highest BCUT2D eigenvalue weighted by Gasteiger charge is 2.21. The minimum absolute atomic E-state index is 0.0466. The highest BCUT2D eigenvalue weighted by Crippen LogP contribution is 2.26. The molecule has 0 fully saturated rings. The first-order valence-corrected chi connectivity index (χ1v) is 11.5. The van der Waals surface area contributed by atoms with Gasteiger partial charge in [0.05, 0.1) is 16.5 Å². The first-order chi connectivity index (χ1) is 15.2. The van der Waals surface area contributed by atoms with Crippen LogP contribution in [0.25, 0.3) is 11.2 Å². The van der Waals surface area contributed by atoms with Gasteiger partial charge < -0.3 is 4.57 Å². The largest absolute Gasteiger partial charge is 0.308 e. The molecule has 11 heteroatoms. The van der Waals surface area contributed by atoms with Crippen LogP contribution in [0, 0.1) is 12.7 Å². The second-order valence-electron chi connectivity index (χ2n) is 6.89. The molecule has 4 rings (SSSR count). The highest BCUT2D eigenvalue weighted by molar-refractivity contribution is 7.90. The van der Waals surface area contributed by atoms with E-state index in [1.165, 1.54) is 30.3 Å². The maximum atomic E-state index is 13.9. The summed E-state index contributed by atoms with van der Waals surface area (Å²) in [5, 5.41) is 0.170. The molecule has 0 spiro atoms. The zero-order valence-electron chi connectivity index (χ0n) is 16.5. The molecule has 2 aromatic carbocycles. The van der Waals surface area contributed by atoms with Crippen molar-refractivity contribution in [2.24, 2.45) is 0 Å². The molecule has 1 N–H and O–H groups in total. The summed E-state index contributed by atoms with van der Waals surface area (Å²) in [6, 6.07) is 13.0.